The van der Waals surface area contributed by atoms with Gasteiger partial charge in [-0.2, -0.15) is 5.10 Å². The Morgan fingerprint density at radius 1 is 1.07 bits per heavy atom. The fraction of sp³-hybridized carbons (Fsp3) is 0.0870. The van der Waals surface area contributed by atoms with Crippen LogP contribution in [-0.2, 0) is 9.59 Å². The first-order chi connectivity index (χ1) is 14.1. The quantitative estimate of drug-likeness (QED) is 0.306. The highest BCUT2D eigenvalue weighted by atomic mass is 16.5. The molecule has 0 aliphatic heterocycles. The van der Waals surface area contributed by atoms with Gasteiger partial charge in [0.2, 0.25) is 0 Å². The molecule has 3 rings (SSSR count). The number of carbonyl (C=O) groups is 2. The van der Waals surface area contributed by atoms with Crippen LogP contribution in [0, 0.1) is 19.3 Å². The van der Waals surface area contributed by atoms with E-state index >= 15 is 0 Å². The SMILES string of the molecule is C#CCOc1ccc2ccccc2c1/C=N\NC(=O)C(=O)Nc1ccc(C)cc1. The maximum Gasteiger partial charge on any atom is 0.329 e. The van der Waals surface area contributed by atoms with Gasteiger partial charge in [0.15, 0.2) is 0 Å². The molecule has 0 aromatic heterocycles. The summed E-state index contributed by atoms with van der Waals surface area (Å²) in [7, 11) is 0. The Bertz CT molecular complexity index is 1110. The molecular weight excluding hydrogens is 366 g/mol. The van der Waals surface area contributed by atoms with Crippen LogP contribution in [0.1, 0.15) is 11.1 Å². The Morgan fingerprint density at radius 2 is 1.83 bits per heavy atom. The van der Waals surface area contributed by atoms with E-state index in [1.807, 2.05) is 49.4 Å². The summed E-state index contributed by atoms with van der Waals surface area (Å²) in [5, 5.41) is 8.29. The number of ether oxygens (including phenoxy) is 1. The van der Waals surface area contributed by atoms with Crippen molar-refractivity contribution in [2.75, 3.05) is 11.9 Å². The highest BCUT2D eigenvalue weighted by molar-refractivity contribution is 6.39. The summed E-state index contributed by atoms with van der Waals surface area (Å²) in [6.45, 7) is 2.03. The average Bonchev–Trinajstić information content (AvgIpc) is 2.74. The summed E-state index contributed by atoms with van der Waals surface area (Å²) in [5.41, 5.74) is 4.46. The second-order valence-electron chi connectivity index (χ2n) is 6.21. The van der Waals surface area contributed by atoms with Crippen molar-refractivity contribution in [1.82, 2.24) is 5.43 Å². The van der Waals surface area contributed by atoms with Gasteiger partial charge in [-0.05, 0) is 35.9 Å². The van der Waals surface area contributed by atoms with E-state index in [9.17, 15) is 9.59 Å². The van der Waals surface area contributed by atoms with Crippen LogP contribution in [0.3, 0.4) is 0 Å². The maximum absolute atomic E-state index is 12.0. The lowest BCUT2D eigenvalue weighted by Gasteiger charge is -2.10. The molecule has 0 spiro atoms. The van der Waals surface area contributed by atoms with Crippen molar-refractivity contribution in [3.8, 4) is 18.1 Å². The number of nitrogens with zero attached hydrogens (tertiary/aromatic N) is 1. The zero-order valence-electron chi connectivity index (χ0n) is 15.8. The molecule has 0 fully saturated rings. The minimum Gasteiger partial charge on any atom is -0.480 e. The topological polar surface area (TPSA) is 79.8 Å². The number of hydrazone groups is 1. The van der Waals surface area contributed by atoms with Crippen molar-refractivity contribution in [2.45, 2.75) is 6.92 Å². The number of fused-ring (bicyclic) bond motifs is 1. The molecular formula is C23H19N3O3. The van der Waals surface area contributed by atoms with Crippen LogP contribution in [-0.4, -0.2) is 24.6 Å². The van der Waals surface area contributed by atoms with Gasteiger partial charge in [-0.15, -0.1) is 6.42 Å². The van der Waals surface area contributed by atoms with Gasteiger partial charge in [0.25, 0.3) is 0 Å². The second-order valence-corrected chi connectivity index (χ2v) is 6.21. The number of rotatable bonds is 5. The maximum atomic E-state index is 12.0. The monoisotopic (exact) mass is 385 g/mol. The summed E-state index contributed by atoms with van der Waals surface area (Å²) in [6.07, 6.45) is 6.71. The molecule has 3 aromatic rings. The van der Waals surface area contributed by atoms with Crippen LogP contribution in [0.25, 0.3) is 10.8 Å². The van der Waals surface area contributed by atoms with Crippen molar-refractivity contribution in [2.24, 2.45) is 5.10 Å². The molecule has 2 N–H and O–H groups in total. The molecule has 0 saturated heterocycles. The average molecular weight is 385 g/mol. The number of nitrogens with one attached hydrogen (secondary N) is 2. The molecule has 0 aliphatic rings. The first kappa shape index (κ1) is 19.6. The normalized spacial score (nSPS) is 10.5. The molecule has 0 atom stereocenters. The van der Waals surface area contributed by atoms with E-state index in [-0.39, 0.29) is 6.61 Å². The largest absolute Gasteiger partial charge is 0.480 e. The third-order valence-electron chi connectivity index (χ3n) is 4.12. The fourth-order valence-electron chi connectivity index (χ4n) is 2.69. The first-order valence-electron chi connectivity index (χ1n) is 8.87. The highest BCUT2D eigenvalue weighted by Crippen LogP contribution is 2.26. The number of amides is 2. The third-order valence-corrected chi connectivity index (χ3v) is 4.12. The van der Waals surface area contributed by atoms with Gasteiger partial charge in [0, 0.05) is 11.3 Å². The summed E-state index contributed by atoms with van der Waals surface area (Å²) in [4.78, 5) is 24.0. The lowest BCUT2D eigenvalue weighted by Crippen LogP contribution is -2.32. The third kappa shape index (κ3) is 4.99. The molecule has 0 unspecified atom stereocenters. The highest BCUT2D eigenvalue weighted by Gasteiger charge is 2.13. The van der Waals surface area contributed by atoms with Crippen LogP contribution in [0.15, 0.2) is 65.8 Å². The summed E-state index contributed by atoms with van der Waals surface area (Å²) in [5.74, 6) is 1.26. The Hall–Kier alpha value is -4.11. The standard InChI is InChI=1S/C23H19N3O3/c1-3-14-29-21-13-10-17-6-4-5-7-19(17)20(21)15-24-26-23(28)22(27)25-18-11-8-16(2)9-12-18/h1,4-13,15H,14H2,2H3,(H,25,27)(H,26,28)/b24-15-. The van der Waals surface area contributed by atoms with Gasteiger partial charge in [0.1, 0.15) is 12.4 Å². The minimum atomic E-state index is -0.881. The molecule has 0 radical (unpaired) electrons. The smallest absolute Gasteiger partial charge is 0.329 e. The number of terminal acetylenes is 1. The Labute approximate surface area is 168 Å². The van der Waals surface area contributed by atoms with Crippen LogP contribution in [0.5, 0.6) is 5.75 Å². The lowest BCUT2D eigenvalue weighted by molar-refractivity contribution is -0.136. The van der Waals surface area contributed by atoms with Gasteiger partial charge in [-0.25, -0.2) is 5.43 Å². The Kier molecular flexibility index (Phi) is 6.23. The van der Waals surface area contributed by atoms with Crippen molar-refractivity contribution in [1.29, 1.82) is 0 Å². The number of anilines is 1. The fourth-order valence-corrected chi connectivity index (χ4v) is 2.69. The van der Waals surface area contributed by atoms with Gasteiger partial charge < -0.3 is 10.1 Å². The van der Waals surface area contributed by atoms with Crippen molar-refractivity contribution >= 4 is 34.5 Å². The molecule has 0 saturated carbocycles. The number of aryl methyl sites for hydroxylation is 1. The van der Waals surface area contributed by atoms with Gasteiger partial charge in [-0.1, -0.05) is 53.9 Å². The minimum absolute atomic E-state index is 0.102. The van der Waals surface area contributed by atoms with Crippen molar-refractivity contribution < 1.29 is 14.3 Å². The molecule has 3 aromatic carbocycles. The van der Waals surface area contributed by atoms with E-state index in [4.69, 9.17) is 11.2 Å². The van der Waals surface area contributed by atoms with E-state index < -0.39 is 11.8 Å². The van der Waals surface area contributed by atoms with Gasteiger partial charge in [-0.3, -0.25) is 9.59 Å². The lowest BCUT2D eigenvalue weighted by atomic mass is 10.0. The molecule has 0 heterocycles. The molecule has 6 heteroatoms. The number of hydrogen-bond donors (Lipinski definition) is 2. The van der Waals surface area contributed by atoms with E-state index in [0.29, 0.717) is 17.0 Å². The van der Waals surface area contributed by atoms with Crippen molar-refractivity contribution in [3.63, 3.8) is 0 Å². The van der Waals surface area contributed by atoms with Crippen molar-refractivity contribution in [3.05, 3.63) is 71.8 Å². The van der Waals surface area contributed by atoms with E-state index in [1.54, 1.807) is 18.2 Å². The number of carbonyl (C=O) groups excluding carboxylic acids is 2. The van der Waals surface area contributed by atoms with E-state index in [0.717, 1.165) is 16.3 Å². The van der Waals surface area contributed by atoms with E-state index in [2.05, 4.69) is 21.8 Å². The van der Waals surface area contributed by atoms with Crippen LogP contribution in [0.4, 0.5) is 5.69 Å². The zero-order chi connectivity index (χ0) is 20.6. The molecule has 0 aliphatic carbocycles. The second kappa shape index (κ2) is 9.20. The van der Waals surface area contributed by atoms with E-state index in [1.165, 1.54) is 6.21 Å². The van der Waals surface area contributed by atoms with Gasteiger partial charge in [0.05, 0.1) is 6.21 Å². The molecule has 29 heavy (non-hydrogen) atoms. The number of benzene rings is 3. The number of hydrogen-bond acceptors (Lipinski definition) is 4. The van der Waals surface area contributed by atoms with Crippen LogP contribution < -0.4 is 15.5 Å². The Balaban J connectivity index is 1.74. The Morgan fingerprint density at radius 3 is 2.59 bits per heavy atom. The molecule has 6 nitrogen and oxygen atoms in total. The summed E-state index contributed by atoms with van der Waals surface area (Å²) < 4.78 is 5.57. The van der Waals surface area contributed by atoms with Crippen LogP contribution in [0.2, 0.25) is 0 Å². The van der Waals surface area contributed by atoms with Crippen LogP contribution >= 0.6 is 0 Å². The summed E-state index contributed by atoms with van der Waals surface area (Å²) >= 11 is 0. The summed E-state index contributed by atoms with van der Waals surface area (Å²) in [6, 6.07) is 18.5. The molecule has 144 valence electrons. The zero-order valence-corrected chi connectivity index (χ0v) is 15.8. The molecule has 0 bridgehead atoms. The molecule has 2 amide bonds. The first-order valence-corrected chi connectivity index (χ1v) is 8.87. The van der Waals surface area contributed by atoms with Gasteiger partial charge >= 0.3 is 11.8 Å². The predicted molar refractivity (Wildman–Crippen MR) is 114 cm³/mol. The predicted octanol–water partition coefficient (Wildman–Crippen LogP) is 3.25.